The Balaban J connectivity index is 1.76. The minimum absolute atomic E-state index is 0.249. The van der Waals surface area contributed by atoms with Crippen molar-refractivity contribution in [1.29, 1.82) is 0 Å². The summed E-state index contributed by atoms with van der Waals surface area (Å²) in [5.74, 6) is -0.978. The number of amides is 3. The summed E-state index contributed by atoms with van der Waals surface area (Å²) in [5, 5.41) is 2.51. The van der Waals surface area contributed by atoms with Crippen LogP contribution in [0.5, 0.6) is 0 Å². The Morgan fingerprint density at radius 2 is 1.45 bits per heavy atom. The molecule has 0 spiro atoms. The van der Waals surface area contributed by atoms with E-state index in [-0.39, 0.29) is 24.7 Å². The summed E-state index contributed by atoms with van der Waals surface area (Å²) < 4.78 is 14.8. The van der Waals surface area contributed by atoms with Crippen LogP contribution in [0.3, 0.4) is 0 Å². The fourth-order valence-corrected chi connectivity index (χ4v) is 2.63. The number of hydrogen-bond acceptors (Lipinski definition) is 7. The van der Waals surface area contributed by atoms with E-state index < -0.39 is 18.2 Å². The predicted molar refractivity (Wildman–Crippen MR) is 103 cm³/mol. The molecule has 10 nitrogen and oxygen atoms in total. The van der Waals surface area contributed by atoms with Crippen molar-refractivity contribution in [3.05, 3.63) is 29.8 Å². The number of benzene rings is 1. The van der Waals surface area contributed by atoms with Crippen LogP contribution in [-0.4, -0.2) is 79.9 Å². The molecule has 3 amide bonds. The second kappa shape index (κ2) is 10.9. The third-order valence-corrected chi connectivity index (χ3v) is 4.13. The second-order valence-electron chi connectivity index (χ2n) is 6.07. The van der Waals surface area contributed by atoms with Gasteiger partial charge < -0.3 is 24.0 Å². The number of hydrogen-bond donors (Lipinski definition) is 1. The third kappa shape index (κ3) is 6.66. The van der Waals surface area contributed by atoms with Crippen LogP contribution >= 0.6 is 0 Å². The first kappa shape index (κ1) is 22.0. The summed E-state index contributed by atoms with van der Waals surface area (Å²) in [6.07, 6.45) is -0.983. The van der Waals surface area contributed by atoms with E-state index in [0.29, 0.717) is 38.5 Å². The third-order valence-electron chi connectivity index (χ3n) is 4.13. The molecule has 0 aliphatic carbocycles. The maximum absolute atomic E-state index is 12.2. The van der Waals surface area contributed by atoms with Crippen LogP contribution in [0, 0.1) is 0 Å². The standard InChI is InChI=1S/C19H25N3O7/c1-3-27-18(25)20-15-7-5-14(6-8-15)17(24)29-13-16(23)21-9-11-22(12-10-21)19(26)28-4-2/h5-8H,3-4,9-13H2,1-2H3,(H,20,25). The van der Waals surface area contributed by atoms with E-state index in [2.05, 4.69) is 5.32 Å². The van der Waals surface area contributed by atoms with Crippen LogP contribution in [0.15, 0.2) is 24.3 Å². The SMILES string of the molecule is CCOC(=O)Nc1ccc(C(=O)OCC(=O)N2CCN(C(=O)OCC)CC2)cc1. The van der Waals surface area contributed by atoms with Crippen LogP contribution in [0.4, 0.5) is 15.3 Å². The van der Waals surface area contributed by atoms with E-state index in [4.69, 9.17) is 14.2 Å². The van der Waals surface area contributed by atoms with Gasteiger partial charge in [0.15, 0.2) is 6.61 Å². The number of carbonyl (C=O) groups excluding carboxylic acids is 4. The van der Waals surface area contributed by atoms with Crippen molar-refractivity contribution in [3.63, 3.8) is 0 Å². The molecule has 0 radical (unpaired) electrons. The molecule has 1 N–H and O–H groups in total. The minimum atomic E-state index is -0.647. The number of nitrogens with one attached hydrogen (secondary N) is 1. The Kier molecular flexibility index (Phi) is 8.26. The molecule has 0 atom stereocenters. The molecule has 29 heavy (non-hydrogen) atoms. The number of piperazine rings is 1. The van der Waals surface area contributed by atoms with Gasteiger partial charge in [-0.05, 0) is 38.1 Å². The normalized spacial score (nSPS) is 13.4. The summed E-state index contributed by atoms with van der Waals surface area (Å²) in [7, 11) is 0. The molecule has 1 aromatic carbocycles. The Bertz CT molecular complexity index is 728. The number of carbonyl (C=O) groups is 4. The molecule has 1 fully saturated rings. The highest BCUT2D eigenvalue weighted by Crippen LogP contribution is 2.11. The molecule has 1 heterocycles. The minimum Gasteiger partial charge on any atom is -0.452 e. The lowest BCUT2D eigenvalue weighted by molar-refractivity contribution is -0.136. The van der Waals surface area contributed by atoms with Gasteiger partial charge in [-0.2, -0.15) is 0 Å². The molecule has 1 aromatic rings. The lowest BCUT2D eigenvalue weighted by Gasteiger charge is -2.33. The highest BCUT2D eigenvalue weighted by atomic mass is 16.6. The number of rotatable bonds is 6. The van der Waals surface area contributed by atoms with Crippen molar-refractivity contribution in [2.45, 2.75) is 13.8 Å². The fourth-order valence-electron chi connectivity index (χ4n) is 2.63. The van der Waals surface area contributed by atoms with Gasteiger partial charge in [-0.25, -0.2) is 14.4 Å². The first-order valence-electron chi connectivity index (χ1n) is 9.35. The van der Waals surface area contributed by atoms with Gasteiger partial charge in [-0.3, -0.25) is 10.1 Å². The number of ether oxygens (including phenoxy) is 3. The topological polar surface area (TPSA) is 114 Å². The Morgan fingerprint density at radius 3 is 2.03 bits per heavy atom. The smallest absolute Gasteiger partial charge is 0.411 e. The van der Waals surface area contributed by atoms with E-state index in [1.807, 2.05) is 0 Å². The Labute approximate surface area is 168 Å². The lowest BCUT2D eigenvalue weighted by Crippen LogP contribution is -2.51. The van der Waals surface area contributed by atoms with Crippen molar-refractivity contribution in [1.82, 2.24) is 9.80 Å². The molecule has 2 rings (SSSR count). The lowest BCUT2D eigenvalue weighted by atomic mass is 10.2. The second-order valence-corrected chi connectivity index (χ2v) is 6.07. The van der Waals surface area contributed by atoms with E-state index >= 15 is 0 Å². The van der Waals surface area contributed by atoms with Crippen LogP contribution in [0.1, 0.15) is 24.2 Å². The zero-order valence-corrected chi connectivity index (χ0v) is 16.5. The number of anilines is 1. The number of nitrogens with zero attached hydrogens (tertiary/aromatic N) is 2. The molecular formula is C19H25N3O7. The molecular weight excluding hydrogens is 382 g/mol. The van der Waals surface area contributed by atoms with Gasteiger partial charge >= 0.3 is 18.2 Å². The fraction of sp³-hybridized carbons (Fsp3) is 0.474. The zero-order valence-electron chi connectivity index (χ0n) is 16.5. The largest absolute Gasteiger partial charge is 0.452 e. The highest BCUT2D eigenvalue weighted by Gasteiger charge is 2.25. The van der Waals surface area contributed by atoms with Gasteiger partial charge in [0.2, 0.25) is 0 Å². The van der Waals surface area contributed by atoms with Crippen LogP contribution in [-0.2, 0) is 19.0 Å². The summed E-state index contributed by atoms with van der Waals surface area (Å²) in [5.41, 5.74) is 0.717. The molecule has 0 saturated carbocycles. The summed E-state index contributed by atoms with van der Waals surface area (Å²) in [4.78, 5) is 50.4. The molecule has 1 aliphatic heterocycles. The van der Waals surface area contributed by atoms with Gasteiger partial charge in [0, 0.05) is 31.9 Å². The predicted octanol–water partition coefficient (Wildman–Crippen LogP) is 1.71. The average Bonchev–Trinajstić information content (AvgIpc) is 2.72. The molecule has 10 heteroatoms. The molecule has 0 bridgehead atoms. The first-order chi connectivity index (χ1) is 13.9. The highest BCUT2D eigenvalue weighted by molar-refractivity contribution is 5.92. The first-order valence-corrected chi connectivity index (χ1v) is 9.35. The molecule has 158 valence electrons. The van der Waals surface area contributed by atoms with E-state index in [9.17, 15) is 19.2 Å². The van der Waals surface area contributed by atoms with Crippen molar-refractivity contribution in [2.75, 3.05) is 51.3 Å². The van der Waals surface area contributed by atoms with Crippen LogP contribution in [0.25, 0.3) is 0 Å². The maximum Gasteiger partial charge on any atom is 0.411 e. The maximum atomic E-state index is 12.2. The van der Waals surface area contributed by atoms with Crippen LogP contribution < -0.4 is 5.32 Å². The van der Waals surface area contributed by atoms with E-state index in [1.165, 1.54) is 34.1 Å². The Hall–Kier alpha value is -3.30. The average molecular weight is 407 g/mol. The van der Waals surface area contributed by atoms with Crippen molar-refractivity contribution < 1.29 is 33.4 Å². The van der Waals surface area contributed by atoms with Gasteiger partial charge in [0.25, 0.3) is 5.91 Å². The van der Waals surface area contributed by atoms with Gasteiger partial charge in [-0.15, -0.1) is 0 Å². The zero-order chi connectivity index (χ0) is 21.2. The molecule has 0 aromatic heterocycles. The van der Waals surface area contributed by atoms with E-state index in [0.717, 1.165) is 0 Å². The number of esters is 1. The van der Waals surface area contributed by atoms with Crippen LogP contribution in [0.2, 0.25) is 0 Å². The summed E-state index contributed by atoms with van der Waals surface area (Å²) in [6.45, 7) is 5.03. The molecule has 0 unspecified atom stereocenters. The quantitative estimate of drug-likeness (QED) is 0.564. The van der Waals surface area contributed by atoms with Gasteiger partial charge in [0.1, 0.15) is 0 Å². The Morgan fingerprint density at radius 1 is 0.862 bits per heavy atom. The summed E-state index contributed by atoms with van der Waals surface area (Å²) in [6, 6.07) is 6.02. The van der Waals surface area contributed by atoms with Crippen molar-refractivity contribution in [2.24, 2.45) is 0 Å². The summed E-state index contributed by atoms with van der Waals surface area (Å²) >= 11 is 0. The van der Waals surface area contributed by atoms with Crippen molar-refractivity contribution >= 4 is 29.8 Å². The molecule has 1 saturated heterocycles. The molecule has 1 aliphatic rings. The van der Waals surface area contributed by atoms with Crippen molar-refractivity contribution in [3.8, 4) is 0 Å². The van der Waals surface area contributed by atoms with Gasteiger partial charge in [-0.1, -0.05) is 0 Å². The monoisotopic (exact) mass is 407 g/mol. The van der Waals surface area contributed by atoms with Gasteiger partial charge in [0.05, 0.1) is 18.8 Å². The van der Waals surface area contributed by atoms with E-state index in [1.54, 1.807) is 13.8 Å².